The maximum Gasteiger partial charge on any atom is 0.416 e. The molecule has 0 fully saturated rings. The number of carbonyl (C=O) groups is 1. The van der Waals surface area contributed by atoms with Gasteiger partial charge in [-0.05, 0) is 48.4 Å². The fourth-order valence-corrected chi connectivity index (χ4v) is 2.24. The molecule has 2 rings (SSSR count). The Hall–Kier alpha value is -2.21. The highest BCUT2D eigenvalue weighted by molar-refractivity contribution is 6.30. The summed E-state index contributed by atoms with van der Waals surface area (Å²) < 4.78 is 44.0. The van der Waals surface area contributed by atoms with E-state index in [0.717, 1.165) is 18.2 Å². The van der Waals surface area contributed by atoms with Crippen molar-refractivity contribution in [2.75, 3.05) is 6.61 Å². The first-order chi connectivity index (χ1) is 10.7. The third kappa shape index (κ3) is 4.16. The van der Waals surface area contributed by atoms with Gasteiger partial charge in [-0.2, -0.15) is 13.2 Å². The van der Waals surface area contributed by atoms with Crippen LogP contribution in [0.5, 0.6) is 5.75 Å². The van der Waals surface area contributed by atoms with Crippen molar-refractivity contribution in [2.45, 2.75) is 13.1 Å². The molecule has 23 heavy (non-hydrogen) atoms. The number of hydrogen-bond acceptors (Lipinski definition) is 2. The van der Waals surface area contributed by atoms with Crippen molar-refractivity contribution in [1.82, 2.24) is 0 Å². The van der Waals surface area contributed by atoms with Crippen molar-refractivity contribution >= 4 is 17.6 Å². The summed E-state index contributed by atoms with van der Waals surface area (Å²) in [6.07, 6.45) is -4.52. The van der Waals surface area contributed by atoms with E-state index in [1.807, 2.05) is 0 Å². The van der Waals surface area contributed by atoms with Crippen LogP contribution >= 0.6 is 11.6 Å². The molecule has 0 aliphatic heterocycles. The maximum absolute atomic E-state index is 12.9. The molecule has 0 unspecified atom stereocenters. The van der Waals surface area contributed by atoms with E-state index in [1.165, 1.54) is 6.07 Å². The molecule has 0 heterocycles. The Labute approximate surface area is 135 Å². The van der Waals surface area contributed by atoms with E-state index in [2.05, 4.69) is 0 Å². The fourth-order valence-electron chi connectivity index (χ4n) is 2.07. The zero-order chi connectivity index (χ0) is 17.2. The van der Waals surface area contributed by atoms with Crippen molar-refractivity contribution < 1.29 is 27.8 Å². The summed E-state index contributed by atoms with van der Waals surface area (Å²) in [5.41, 5.74) is 0.425. The normalized spacial score (nSPS) is 11.3. The van der Waals surface area contributed by atoms with E-state index in [9.17, 15) is 18.0 Å². The Balaban J connectivity index is 2.60. The summed E-state index contributed by atoms with van der Waals surface area (Å²) in [6.45, 7) is 1.06. The van der Waals surface area contributed by atoms with Crippen LogP contribution in [0.4, 0.5) is 13.2 Å². The number of hydrogen-bond donors (Lipinski definition) is 1. The second-order valence-corrected chi connectivity index (χ2v) is 5.29. The summed E-state index contributed by atoms with van der Waals surface area (Å²) in [7, 11) is 0. The van der Waals surface area contributed by atoms with Crippen LogP contribution in [0.25, 0.3) is 11.1 Å². The number of rotatable bonds is 4. The average Bonchev–Trinajstić information content (AvgIpc) is 2.46. The van der Waals surface area contributed by atoms with E-state index in [-0.39, 0.29) is 11.3 Å². The minimum absolute atomic E-state index is 0.0470. The third-order valence-electron chi connectivity index (χ3n) is 3.15. The molecule has 7 heteroatoms. The van der Waals surface area contributed by atoms with Crippen LogP contribution in [0.15, 0.2) is 36.4 Å². The molecule has 0 aliphatic rings. The first kappa shape index (κ1) is 17.1. The molecule has 0 radical (unpaired) electrons. The van der Waals surface area contributed by atoms with E-state index in [0.29, 0.717) is 16.1 Å². The number of halogens is 4. The molecule has 0 bridgehead atoms. The van der Waals surface area contributed by atoms with E-state index < -0.39 is 24.3 Å². The van der Waals surface area contributed by atoms with Crippen LogP contribution in [0, 0.1) is 6.92 Å². The van der Waals surface area contributed by atoms with E-state index in [4.69, 9.17) is 21.4 Å². The molecule has 0 amide bonds. The molecular weight excluding hydrogens is 333 g/mol. The zero-order valence-corrected chi connectivity index (χ0v) is 12.7. The molecule has 0 saturated heterocycles. The predicted octanol–water partition coefficient (Wildman–Crippen LogP) is 4.80. The Kier molecular flexibility index (Phi) is 4.85. The van der Waals surface area contributed by atoms with Crippen LogP contribution in [-0.4, -0.2) is 17.7 Å². The van der Waals surface area contributed by atoms with Gasteiger partial charge in [0.25, 0.3) is 0 Å². The molecule has 0 atom stereocenters. The number of carboxylic acid groups (broad SMARTS) is 1. The molecule has 3 nitrogen and oxygen atoms in total. The van der Waals surface area contributed by atoms with Gasteiger partial charge in [0, 0.05) is 10.6 Å². The van der Waals surface area contributed by atoms with Crippen LogP contribution < -0.4 is 4.74 Å². The van der Waals surface area contributed by atoms with Crippen LogP contribution in [0.2, 0.25) is 5.02 Å². The Morgan fingerprint density at radius 2 is 1.87 bits per heavy atom. The lowest BCUT2D eigenvalue weighted by Crippen LogP contribution is -2.11. The second-order valence-electron chi connectivity index (χ2n) is 4.85. The highest BCUT2D eigenvalue weighted by Gasteiger charge is 2.31. The predicted molar refractivity (Wildman–Crippen MR) is 79.8 cm³/mol. The van der Waals surface area contributed by atoms with E-state index >= 15 is 0 Å². The lowest BCUT2D eigenvalue weighted by Gasteiger charge is -2.15. The minimum atomic E-state index is -4.52. The van der Waals surface area contributed by atoms with Crippen LogP contribution in [0.3, 0.4) is 0 Å². The van der Waals surface area contributed by atoms with Crippen molar-refractivity contribution in [3.63, 3.8) is 0 Å². The largest absolute Gasteiger partial charge is 0.481 e. The standard InChI is InChI=1S/C16H12ClF3O3/c1-9-2-4-11(17)7-12(9)13-6-10(16(18,19)20)3-5-14(13)23-8-15(21)22/h2-7H,8H2,1H3,(H,21,22). The van der Waals surface area contributed by atoms with Crippen molar-refractivity contribution in [3.05, 3.63) is 52.5 Å². The number of aliphatic carboxylic acids is 1. The number of carboxylic acids is 1. The lowest BCUT2D eigenvalue weighted by atomic mass is 9.97. The minimum Gasteiger partial charge on any atom is -0.481 e. The Bertz CT molecular complexity index is 742. The van der Waals surface area contributed by atoms with Crippen LogP contribution in [-0.2, 0) is 11.0 Å². The van der Waals surface area contributed by atoms with Crippen molar-refractivity contribution in [2.24, 2.45) is 0 Å². The third-order valence-corrected chi connectivity index (χ3v) is 3.38. The Morgan fingerprint density at radius 1 is 1.17 bits per heavy atom. The summed E-state index contributed by atoms with van der Waals surface area (Å²) >= 11 is 5.92. The molecule has 0 saturated carbocycles. The average molecular weight is 345 g/mol. The summed E-state index contributed by atoms with van der Waals surface area (Å²) in [5, 5.41) is 9.05. The van der Waals surface area contributed by atoms with Gasteiger partial charge in [-0.15, -0.1) is 0 Å². The van der Waals surface area contributed by atoms with Crippen LogP contribution in [0.1, 0.15) is 11.1 Å². The fraction of sp³-hybridized carbons (Fsp3) is 0.188. The topological polar surface area (TPSA) is 46.5 Å². The van der Waals surface area contributed by atoms with Gasteiger partial charge < -0.3 is 9.84 Å². The highest BCUT2D eigenvalue weighted by atomic mass is 35.5. The molecule has 2 aromatic rings. The number of alkyl halides is 3. The summed E-state index contributed by atoms with van der Waals surface area (Å²) in [5.74, 6) is -1.18. The van der Waals surface area contributed by atoms with Gasteiger partial charge in [0.2, 0.25) is 0 Å². The van der Waals surface area contributed by atoms with E-state index in [1.54, 1.807) is 19.1 Å². The van der Waals surface area contributed by atoms with Gasteiger partial charge in [0.15, 0.2) is 6.61 Å². The van der Waals surface area contributed by atoms with Crippen molar-refractivity contribution in [3.8, 4) is 16.9 Å². The molecule has 0 aliphatic carbocycles. The Morgan fingerprint density at radius 3 is 2.48 bits per heavy atom. The second kappa shape index (κ2) is 6.50. The number of benzene rings is 2. The van der Waals surface area contributed by atoms with Gasteiger partial charge in [0.1, 0.15) is 5.75 Å². The molecule has 2 aromatic carbocycles. The molecule has 0 aromatic heterocycles. The van der Waals surface area contributed by atoms with Crippen molar-refractivity contribution in [1.29, 1.82) is 0 Å². The zero-order valence-electron chi connectivity index (χ0n) is 11.9. The smallest absolute Gasteiger partial charge is 0.416 e. The highest BCUT2D eigenvalue weighted by Crippen LogP contribution is 2.39. The van der Waals surface area contributed by atoms with Gasteiger partial charge in [-0.25, -0.2) is 4.79 Å². The first-order valence-electron chi connectivity index (χ1n) is 6.51. The summed E-state index contributed by atoms with van der Waals surface area (Å²) in [6, 6.07) is 7.68. The van der Waals surface area contributed by atoms with Gasteiger partial charge in [-0.1, -0.05) is 17.7 Å². The number of ether oxygens (including phenoxy) is 1. The SMILES string of the molecule is Cc1ccc(Cl)cc1-c1cc(C(F)(F)F)ccc1OCC(=O)O. The lowest BCUT2D eigenvalue weighted by molar-refractivity contribution is -0.140. The maximum atomic E-state index is 12.9. The van der Waals surface area contributed by atoms with Gasteiger partial charge >= 0.3 is 12.1 Å². The molecule has 0 spiro atoms. The quantitative estimate of drug-likeness (QED) is 0.866. The first-order valence-corrected chi connectivity index (χ1v) is 6.88. The number of aryl methyl sites for hydroxylation is 1. The van der Waals surface area contributed by atoms with Gasteiger partial charge in [0.05, 0.1) is 5.56 Å². The summed E-state index contributed by atoms with van der Waals surface area (Å²) in [4.78, 5) is 10.6. The molecular formula is C16H12ClF3O3. The molecule has 1 N–H and O–H groups in total. The monoisotopic (exact) mass is 344 g/mol. The molecule has 122 valence electrons. The van der Waals surface area contributed by atoms with Gasteiger partial charge in [-0.3, -0.25) is 0 Å².